The molecule has 1 aromatic heterocycles. The predicted molar refractivity (Wildman–Crippen MR) is 75.7 cm³/mol. The number of hydrogen-bond donors (Lipinski definition) is 2. The first-order valence-corrected chi connectivity index (χ1v) is 6.75. The first-order chi connectivity index (χ1) is 8.81. The van der Waals surface area contributed by atoms with Gasteiger partial charge in [0.05, 0.1) is 12.3 Å². The highest BCUT2D eigenvalue weighted by Gasteiger charge is 1.99. The lowest BCUT2D eigenvalue weighted by Crippen LogP contribution is -1.92. The molecule has 0 radical (unpaired) electrons. The van der Waals surface area contributed by atoms with Crippen molar-refractivity contribution in [3.05, 3.63) is 53.9 Å². The van der Waals surface area contributed by atoms with E-state index in [0.717, 1.165) is 22.7 Å². The van der Waals surface area contributed by atoms with Gasteiger partial charge >= 0.3 is 0 Å². The third-order valence-corrected chi connectivity index (χ3v) is 3.64. The molecule has 18 heavy (non-hydrogen) atoms. The maximum absolute atomic E-state index is 8.97. The molecule has 2 rings (SSSR count). The molecule has 1 heterocycles. The van der Waals surface area contributed by atoms with Gasteiger partial charge in [-0.3, -0.25) is 4.98 Å². The van der Waals surface area contributed by atoms with Crippen molar-refractivity contribution in [2.24, 2.45) is 0 Å². The number of aliphatic hydroxyl groups is 1. The number of anilines is 1. The summed E-state index contributed by atoms with van der Waals surface area (Å²) in [5.74, 6) is 0.841. The van der Waals surface area contributed by atoms with E-state index in [-0.39, 0.29) is 6.61 Å². The van der Waals surface area contributed by atoms with Crippen molar-refractivity contribution in [1.82, 2.24) is 4.98 Å². The monoisotopic (exact) mass is 260 g/mol. The Morgan fingerprint density at radius 2 is 2.00 bits per heavy atom. The molecule has 0 fully saturated rings. The molecule has 0 amide bonds. The number of benzene rings is 1. The van der Waals surface area contributed by atoms with Crippen molar-refractivity contribution in [1.29, 1.82) is 0 Å². The number of aliphatic hydroxyl groups excluding tert-OH is 1. The third-order valence-electron chi connectivity index (χ3n) is 2.60. The maximum Gasteiger partial charge on any atom is 0.0681 e. The molecule has 4 heteroatoms. The number of nitrogens with zero attached hydrogens (tertiary/aromatic N) is 1. The van der Waals surface area contributed by atoms with Gasteiger partial charge in [-0.1, -0.05) is 12.1 Å². The minimum absolute atomic E-state index is 0.0940. The Labute approximate surface area is 111 Å². The number of nitrogens with one attached hydrogen (secondary N) is 1. The molecule has 0 unspecified atom stereocenters. The molecule has 0 spiro atoms. The fraction of sp³-hybridized carbons (Fsp3) is 0.214. The molecule has 0 saturated carbocycles. The van der Waals surface area contributed by atoms with Crippen molar-refractivity contribution in [2.45, 2.75) is 17.3 Å². The minimum atomic E-state index is 0.0940. The van der Waals surface area contributed by atoms with Gasteiger partial charge in [0.25, 0.3) is 0 Å². The molecule has 0 aliphatic carbocycles. The van der Waals surface area contributed by atoms with Gasteiger partial charge in [-0.2, -0.15) is 0 Å². The third kappa shape index (κ3) is 3.48. The van der Waals surface area contributed by atoms with Crippen LogP contribution in [0.4, 0.5) is 5.69 Å². The molecule has 0 saturated heterocycles. The highest BCUT2D eigenvalue weighted by molar-refractivity contribution is 7.98. The van der Waals surface area contributed by atoms with E-state index in [1.54, 1.807) is 11.8 Å². The average molecular weight is 260 g/mol. The second kappa shape index (κ2) is 6.42. The molecule has 1 aromatic carbocycles. The van der Waals surface area contributed by atoms with Crippen LogP contribution in [0.25, 0.3) is 0 Å². The molecular formula is C14H16N2OS. The molecule has 0 aliphatic heterocycles. The van der Waals surface area contributed by atoms with E-state index in [4.69, 9.17) is 5.11 Å². The number of rotatable bonds is 5. The first-order valence-electron chi connectivity index (χ1n) is 5.77. The lowest BCUT2D eigenvalue weighted by atomic mass is 10.2. The van der Waals surface area contributed by atoms with Gasteiger partial charge in [0.1, 0.15) is 0 Å². The summed E-state index contributed by atoms with van der Waals surface area (Å²) in [6.45, 7) is 0.0940. The Hall–Kier alpha value is -1.52. The fourth-order valence-corrected chi connectivity index (χ4v) is 2.36. The summed E-state index contributed by atoms with van der Waals surface area (Å²) >= 11 is 1.74. The lowest BCUT2D eigenvalue weighted by Gasteiger charge is -2.04. The fourth-order valence-electron chi connectivity index (χ4n) is 1.56. The molecular weight excluding hydrogens is 244 g/mol. The van der Waals surface area contributed by atoms with Crippen LogP contribution in [-0.2, 0) is 12.4 Å². The van der Waals surface area contributed by atoms with Crippen LogP contribution in [0.15, 0.2) is 47.5 Å². The number of pyridine rings is 1. The second-order valence-electron chi connectivity index (χ2n) is 3.88. The van der Waals surface area contributed by atoms with Crippen LogP contribution in [0.5, 0.6) is 0 Å². The van der Waals surface area contributed by atoms with Gasteiger partial charge in [0, 0.05) is 29.6 Å². The zero-order chi connectivity index (χ0) is 12.8. The quantitative estimate of drug-likeness (QED) is 0.811. The highest BCUT2D eigenvalue weighted by atomic mass is 32.2. The minimum Gasteiger partial charge on any atom is -0.392 e. The van der Waals surface area contributed by atoms with Crippen LogP contribution < -0.4 is 5.32 Å². The molecule has 3 nitrogen and oxygen atoms in total. The highest BCUT2D eigenvalue weighted by Crippen LogP contribution is 2.23. The lowest BCUT2D eigenvalue weighted by molar-refractivity contribution is 0.282. The van der Waals surface area contributed by atoms with Crippen LogP contribution in [-0.4, -0.2) is 17.1 Å². The van der Waals surface area contributed by atoms with Gasteiger partial charge in [-0.15, -0.1) is 11.8 Å². The maximum atomic E-state index is 8.97. The van der Waals surface area contributed by atoms with Crippen LogP contribution in [0.2, 0.25) is 0 Å². The normalized spacial score (nSPS) is 10.3. The number of hydrogen-bond acceptors (Lipinski definition) is 4. The molecule has 2 N–H and O–H groups in total. The Kier molecular flexibility index (Phi) is 4.61. The standard InChI is InChI=1S/C14H16N2OS/c1-15-12-6-7-16-13(8-12)10-18-14-4-2-11(9-17)3-5-14/h2-8,17H,9-10H2,1H3,(H,15,16). The van der Waals surface area contributed by atoms with Gasteiger partial charge in [-0.25, -0.2) is 0 Å². The predicted octanol–water partition coefficient (Wildman–Crippen LogP) is 2.91. The molecule has 94 valence electrons. The average Bonchev–Trinajstić information content (AvgIpc) is 2.46. The van der Waals surface area contributed by atoms with Crippen molar-refractivity contribution in [2.75, 3.05) is 12.4 Å². The largest absolute Gasteiger partial charge is 0.392 e. The van der Waals surface area contributed by atoms with E-state index < -0.39 is 0 Å². The van der Waals surface area contributed by atoms with Crippen molar-refractivity contribution < 1.29 is 5.11 Å². The van der Waals surface area contributed by atoms with Gasteiger partial charge in [0.15, 0.2) is 0 Å². The Morgan fingerprint density at radius 1 is 1.22 bits per heavy atom. The topological polar surface area (TPSA) is 45.2 Å². The summed E-state index contributed by atoms with van der Waals surface area (Å²) in [5.41, 5.74) is 3.07. The van der Waals surface area contributed by atoms with E-state index in [9.17, 15) is 0 Å². The summed E-state index contributed by atoms with van der Waals surface area (Å²) in [6.07, 6.45) is 1.82. The second-order valence-corrected chi connectivity index (χ2v) is 4.93. The van der Waals surface area contributed by atoms with Crippen molar-refractivity contribution >= 4 is 17.4 Å². The van der Waals surface area contributed by atoms with Crippen LogP contribution in [0, 0.1) is 0 Å². The van der Waals surface area contributed by atoms with E-state index in [2.05, 4.69) is 16.4 Å². The van der Waals surface area contributed by atoms with Crippen molar-refractivity contribution in [3.8, 4) is 0 Å². The zero-order valence-electron chi connectivity index (χ0n) is 10.3. The molecule has 0 atom stereocenters. The summed E-state index contributed by atoms with van der Waals surface area (Å²) in [7, 11) is 1.90. The molecule has 0 aliphatic rings. The smallest absolute Gasteiger partial charge is 0.0681 e. The number of aromatic nitrogens is 1. The van der Waals surface area contributed by atoms with E-state index in [1.807, 2.05) is 43.6 Å². The zero-order valence-corrected chi connectivity index (χ0v) is 11.1. The summed E-state index contributed by atoms with van der Waals surface area (Å²) in [4.78, 5) is 5.52. The Balaban J connectivity index is 1.97. The van der Waals surface area contributed by atoms with Crippen LogP contribution in [0.1, 0.15) is 11.3 Å². The van der Waals surface area contributed by atoms with E-state index >= 15 is 0 Å². The van der Waals surface area contributed by atoms with E-state index in [1.165, 1.54) is 4.90 Å². The summed E-state index contributed by atoms with van der Waals surface area (Å²) in [6, 6.07) is 11.9. The SMILES string of the molecule is CNc1ccnc(CSc2ccc(CO)cc2)c1. The van der Waals surface area contributed by atoms with Crippen LogP contribution >= 0.6 is 11.8 Å². The van der Waals surface area contributed by atoms with Crippen LogP contribution in [0.3, 0.4) is 0 Å². The summed E-state index contributed by atoms with van der Waals surface area (Å²) in [5, 5.41) is 12.1. The Morgan fingerprint density at radius 3 is 2.67 bits per heavy atom. The number of thioether (sulfide) groups is 1. The summed E-state index contributed by atoms with van der Waals surface area (Å²) < 4.78 is 0. The molecule has 0 bridgehead atoms. The van der Waals surface area contributed by atoms with Gasteiger partial charge < -0.3 is 10.4 Å². The van der Waals surface area contributed by atoms with Gasteiger partial charge in [0.2, 0.25) is 0 Å². The van der Waals surface area contributed by atoms with Gasteiger partial charge in [-0.05, 0) is 29.8 Å². The molecule has 2 aromatic rings. The Bertz CT molecular complexity index is 499. The van der Waals surface area contributed by atoms with Crippen molar-refractivity contribution in [3.63, 3.8) is 0 Å². The first kappa shape index (κ1) is 12.9. The van der Waals surface area contributed by atoms with E-state index in [0.29, 0.717) is 0 Å².